The van der Waals surface area contributed by atoms with Crippen molar-refractivity contribution in [2.75, 3.05) is 0 Å². The molecule has 2 atom stereocenters. The Morgan fingerprint density at radius 1 is 0.952 bits per heavy atom. The zero-order valence-electron chi connectivity index (χ0n) is 13.0. The van der Waals surface area contributed by atoms with Gasteiger partial charge in [0.05, 0.1) is 5.92 Å². The molecule has 1 amide bonds. The van der Waals surface area contributed by atoms with Gasteiger partial charge in [0, 0.05) is 12.5 Å². The van der Waals surface area contributed by atoms with E-state index in [1.54, 1.807) is 0 Å². The number of amides is 1. The SMILES string of the molecule is O=C(CCCC1CCCCC1)NC1CCCCC1C(=O)O. The normalized spacial score (nSPS) is 27.2. The van der Waals surface area contributed by atoms with Crippen LogP contribution < -0.4 is 5.32 Å². The summed E-state index contributed by atoms with van der Waals surface area (Å²) in [5.41, 5.74) is 0. The van der Waals surface area contributed by atoms with E-state index in [4.69, 9.17) is 0 Å². The quantitative estimate of drug-likeness (QED) is 0.788. The van der Waals surface area contributed by atoms with Crippen LogP contribution in [0.1, 0.15) is 77.0 Å². The predicted molar refractivity (Wildman–Crippen MR) is 82.0 cm³/mol. The van der Waals surface area contributed by atoms with Crippen molar-refractivity contribution < 1.29 is 14.7 Å². The summed E-state index contributed by atoms with van der Waals surface area (Å²) in [7, 11) is 0. The van der Waals surface area contributed by atoms with Crippen LogP contribution in [0, 0.1) is 11.8 Å². The molecule has 0 bridgehead atoms. The average molecular weight is 295 g/mol. The molecule has 2 aliphatic carbocycles. The van der Waals surface area contributed by atoms with Crippen LogP contribution in [0.4, 0.5) is 0 Å². The fourth-order valence-electron chi connectivity index (χ4n) is 3.91. The molecule has 0 aromatic rings. The van der Waals surface area contributed by atoms with E-state index in [1.165, 1.54) is 32.1 Å². The molecule has 0 saturated heterocycles. The summed E-state index contributed by atoms with van der Waals surface area (Å²) < 4.78 is 0. The van der Waals surface area contributed by atoms with Crippen LogP contribution >= 0.6 is 0 Å². The Hall–Kier alpha value is -1.06. The molecule has 21 heavy (non-hydrogen) atoms. The third-order valence-corrected chi connectivity index (χ3v) is 5.17. The fourth-order valence-corrected chi connectivity index (χ4v) is 3.91. The van der Waals surface area contributed by atoms with E-state index in [2.05, 4.69) is 5.32 Å². The molecule has 0 aromatic carbocycles. The van der Waals surface area contributed by atoms with Gasteiger partial charge in [0.2, 0.25) is 5.91 Å². The first kappa shape index (κ1) is 16.3. The number of carboxylic acids is 1. The average Bonchev–Trinajstić information content (AvgIpc) is 2.48. The molecule has 2 unspecified atom stereocenters. The van der Waals surface area contributed by atoms with Crippen molar-refractivity contribution in [3.05, 3.63) is 0 Å². The van der Waals surface area contributed by atoms with E-state index >= 15 is 0 Å². The van der Waals surface area contributed by atoms with Gasteiger partial charge in [-0.05, 0) is 31.6 Å². The van der Waals surface area contributed by atoms with Crippen molar-refractivity contribution in [1.82, 2.24) is 5.32 Å². The maximum absolute atomic E-state index is 12.0. The van der Waals surface area contributed by atoms with Crippen molar-refractivity contribution in [1.29, 1.82) is 0 Å². The Morgan fingerprint density at radius 3 is 2.33 bits per heavy atom. The largest absolute Gasteiger partial charge is 0.481 e. The Labute approximate surface area is 127 Å². The van der Waals surface area contributed by atoms with Crippen LogP contribution in [0.25, 0.3) is 0 Å². The Balaban J connectivity index is 1.66. The minimum Gasteiger partial charge on any atom is -0.481 e. The molecule has 0 aliphatic heterocycles. The second-order valence-electron chi connectivity index (χ2n) is 6.80. The third-order valence-electron chi connectivity index (χ3n) is 5.17. The van der Waals surface area contributed by atoms with Gasteiger partial charge in [-0.15, -0.1) is 0 Å². The van der Waals surface area contributed by atoms with Crippen molar-refractivity contribution in [2.24, 2.45) is 11.8 Å². The first-order valence-corrected chi connectivity index (χ1v) is 8.69. The standard InChI is InChI=1S/C17H29NO3/c19-16(12-6-9-13-7-2-1-3-8-13)18-15-11-5-4-10-14(15)17(20)21/h13-15H,1-12H2,(H,18,19)(H,20,21). The van der Waals surface area contributed by atoms with Crippen LogP contribution in [0.15, 0.2) is 0 Å². The van der Waals surface area contributed by atoms with Crippen molar-refractivity contribution in [2.45, 2.75) is 83.1 Å². The van der Waals surface area contributed by atoms with Crippen LogP contribution in [-0.4, -0.2) is 23.0 Å². The molecule has 2 saturated carbocycles. The highest BCUT2D eigenvalue weighted by molar-refractivity contribution is 5.78. The molecule has 2 rings (SSSR count). The molecule has 4 heteroatoms. The van der Waals surface area contributed by atoms with Gasteiger partial charge in [-0.1, -0.05) is 44.9 Å². The summed E-state index contributed by atoms with van der Waals surface area (Å²) in [5.74, 6) is -0.291. The monoisotopic (exact) mass is 295 g/mol. The zero-order valence-corrected chi connectivity index (χ0v) is 13.0. The summed E-state index contributed by atoms with van der Waals surface area (Å²) in [6, 6.07) is -0.154. The van der Waals surface area contributed by atoms with E-state index in [0.717, 1.165) is 38.0 Å². The summed E-state index contributed by atoms with van der Waals surface area (Å²) >= 11 is 0. The molecule has 2 fully saturated rings. The number of carboxylic acid groups (broad SMARTS) is 1. The molecule has 2 aliphatic rings. The van der Waals surface area contributed by atoms with Crippen molar-refractivity contribution in [3.63, 3.8) is 0 Å². The minimum absolute atomic E-state index is 0.0453. The minimum atomic E-state index is -0.762. The number of nitrogens with one attached hydrogen (secondary N) is 1. The van der Waals surface area contributed by atoms with Crippen LogP contribution in [0.3, 0.4) is 0 Å². The van der Waals surface area contributed by atoms with Gasteiger partial charge in [-0.3, -0.25) is 9.59 Å². The number of hydrogen-bond acceptors (Lipinski definition) is 2. The predicted octanol–water partition coefficient (Wildman–Crippen LogP) is 3.50. The lowest BCUT2D eigenvalue weighted by Crippen LogP contribution is -2.45. The second-order valence-corrected chi connectivity index (χ2v) is 6.80. The molecule has 0 spiro atoms. The smallest absolute Gasteiger partial charge is 0.308 e. The summed E-state index contributed by atoms with van der Waals surface area (Å²) in [6.45, 7) is 0. The molecule has 0 aromatic heterocycles. The number of hydrogen-bond donors (Lipinski definition) is 2. The lowest BCUT2D eigenvalue weighted by molar-refractivity contribution is -0.144. The van der Waals surface area contributed by atoms with Crippen LogP contribution in [-0.2, 0) is 9.59 Å². The Bertz CT molecular complexity index is 350. The Kier molecular flexibility index (Phi) is 6.52. The van der Waals surface area contributed by atoms with Crippen LogP contribution in [0.2, 0.25) is 0 Å². The third kappa shape index (κ3) is 5.33. The number of carbonyl (C=O) groups is 2. The highest BCUT2D eigenvalue weighted by atomic mass is 16.4. The van der Waals surface area contributed by atoms with Gasteiger partial charge in [0.1, 0.15) is 0 Å². The van der Waals surface area contributed by atoms with E-state index in [-0.39, 0.29) is 17.9 Å². The number of aliphatic carboxylic acids is 1. The summed E-state index contributed by atoms with van der Waals surface area (Å²) in [6.07, 6.45) is 12.9. The second kappa shape index (κ2) is 8.40. The van der Waals surface area contributed by atoms with E-state index in [1.807, 2.05) is 0 Å². The Morgan fingerprint density at radius 2 is 1.62 bits per heavy atom. The summed E-state index contributed by atoms with van der Waals surface area (Å²) in [4.78, 5) is 23.2. The van der Waals surface area contributed by atoms with Gasteiger partial charge in [0.15, 0.2) is 0 Å². The van der Waals surface area contributed by atoms with E-state index in [9.17, 15) is 14.7 Å². The molecular formula is C17H29NO3. The molecule has 2 N–H and O–H groups in total. The fraction of sp³-hybridized carbons (Fsp3) is 0.882. The van der Waals surface area contributed by atoms with E-state index < -0.39 is 5.97 Å². The molecule has 0 heterocycles. The lowest BCUT2D eigenvalue weighted by Gasteiger charge is -2.29. The maximum Gasteiger partial charge on any atom is 0.308 e. The highest BCUT2D eigenvalue weighted by Crippen LogP contribution is 2.28. The molecule has 4 nitrogen and oxygen atoms in total. The first-order valence-electron chi connectivity index (χ1n) is 8.69. The zero-order chi connectivity index (χ0) is 15.1. The van der Waals surface area contributed by atoms with Gasteiger partial charge in [-0.25, -0.2) is 0 Å². The number of rotatable bonds is 6. The number of carbonyl (C=O) groups excluding carboxylic acids is 1. The van der Waals surface area contributed by atoms with Crippen molar-refractivity contribution >= 4 is 11.9 Å². The topological polar surface area (TPSA) is 66.4 Å². The van der Waals surface area contributed by atoms with Gasteiger partial charge in [0.25, 0.3) is 0 Å². The summed E-state index contributed by atoms with van der Waals surface area (Å²) in [5, 5.41) is 12.2. The van der Waals surface area contributed by atoms with Gasteiger partial charge >= 0.3 is 5.97 Å². The maximum atomic E-state index is 12.0. The van der Waals surface area contributed by atoms with Crippen LogP contribution in [0.5, 0.6) is 0 Å². The van der Waals surface area contributed by atoms with Gasteiger partial charge < -0.3 is 10.4 Å². The lowest BCUT2D eigenvalue weighted by atomic mass is 9.84. The highest BCUT2D eigenvalue weighted by Gasteiger charge is 2.31. The van der Waals surface area contributed by atoms with E-state index in [0.29, 0.717) is 12.8 Å². The molecule has 120 valence electrons. The van der Waals surface area contributed by atoms with Gasteiger partial charge in [-0.2, -0.15) is 0 Å². The molecular weight excluding hydrogens is 266 g/mol. The van der Waals surface area contributed by atoms with Crippen molar-refractivity contribution in [3.8, 4) is 0 Å². The first-order chi connectivity index (χ1) is 10.2. The molecule has 0 radical (unpaired) electrons.